The molecule has 0 spiro atoms. The first-order valence-electron chi connectivity index (χ1n) is 11.2. The van der Waals surface area contributed by atoms with Crippen molar-refractivity contribution in [1.29, 1.82) is 0 Å². The Morgan fingerprint density at radius 3 is 2.32 bits per heavy atom. The number of ether oxygens (including phenoxy) is 3. The lowest BCUT2D eigenvalue weighted by molar-refractivity contribution is -0.118. The van der Waals surface area contributed by atoms with Gasteiger partial charge in [-0.25, -0.2) is 5.43 Å². The molecule has 196 valence electrons. The van der Waals surface area contributed by atoms with Crippen LogP contribution in [0.5, 0.6) is 23.0 Å². The summed E-state index contributed by atoms with van der Waals surface area (Å²) in [5, 5.41) is 23.2. The second-order valence-electron chi connectivity index (χ2n) is 7.70. The summed E-state index contributed by atoms with van der Waals surface area (Å²) in [7, 11) is 4.67. The predicted octanol–water partition coefficient (Wildman–Crippen LogP) is 4.67. The van der Waals surface area contributed by atoms with Crippen LogP contribution in [0.2, 0.25) is 0 Å². The Bertz CT molecular complexity index is 1440. The molecule has 0 saturated heterocycles. The first-order valence-corrected chi connectivity index (χ1v) is 13.0. The highest BCUT2D eigenvalue weighted by molar-refractivity contribution is 9.10. The number of methoxy groups -OCH3 is 3. The van der Waals surface area contributed by atoms with Gasteiger partial charge in [0.1, 0.15) is 11.5 Å². The number of nitrogens with zero attached hydrogens (tertiary/aromatic N) is 4. The van der Waals surface area contributed by atoms with Crippen LogP contribution in [0.25, 0.3) is 17.1 Å². The number of aromatic nitrogens is 3. The Kier molecular flexibility index (Phi) is 8.87. The molecule has 2 N–H and O–H groups in total. The van der Waals surface area contributed by atoms with E-state index in [0.29, 0.717) is 21.0 Å². The van der Waals surface area contributed by atoms with Gasteiger partial charge < -0.3 is 19.3 Å². The lowest BCUT2D eigenvalue weighted by atomic mass is 10.2. The van der Waals surface area contributed by atoms with E-state index in [1.165, 1.54) is 25.1 Å². The summed E-state index contributed by atoms with van der Waals surface area (Å²) in [5.74, 6) is 2.06. The van der Waals surface area contributed by atoms with Crippen molar-refractivity contribution in [3.8, 4) is 40.1 Å². The Labute approximate surface area is 231 Å². The SMILES string of the molecule is COc1ccc(-c2nnc(SCC(=O)N/N=C\c3cc(Br)c(O)c(OC)c3)n2-c2ccc(OC)cc2)cc1. The molecule has 3 aromatic carbocycles. The molecular formula is C26H24BrN5O5S. The van der Waals surface area contributed by atoms with Crippen molar-refractivity contribution >= 4 is 39.8 Å². The van der Waals surface area contributed by atoms with Crippen LogP contribution in [0, 0.1) is 0 Å². The number of hydrogen-bond acceptors (Lipinski definition) is 9. The third-order valence-electron chi connectivity index (χ3n) is 5.32. The molecule has 38 heavy (non-hydrogen) atoms. The molecule has 1 aromatic heterocycles. The Hall–Kier alpha value is -4.03. The monoisotopic (exact) mass is 597 g/mol. The van der Waals surface area contributed by atoms with Gasteiger partial charge in [0, 0.05) is 11.3 Å². The van der Waals surface area contributed by atoms with Crippen LogP contribution in [0.4, 0.5) is 0 Å². The van der Waals surface area contributed by atoms with E-state index in [0.717, 1.165) is 22.7 Å². The van der Waals surface area contributed by atoms with E-state index in [2.05, 4.69) is 36.7 Å². The summed E-state index contributed by atoms with van der Waals surface area (Å²) in [6.07, 6.45) is 1.46. The summed E-state index contributed by atoms with van der Waals surface area (Å²) >= 11 is 4.49. The summed E-state index contributed by atoms with van der Waals surface area (Å²) in [6, 6.07) is 18.2. The fraction of sp³-hybridized carbons (Fsp3) is 0.154. The normalized spacial score (nSPS) is 10.9. The van der Waals surface area contributed by atoms with Gasteiger partial charge in [0.2, 0.25) is 0 Å². The number of hydrazone groups is 1. The largest absolute Gasteiger partial charge is 0.503 e. The number of carbonyl (C=O) groups is 1. The first-order chi connectivity index (χ1) is 18.4. The van der Waals surface area contributed by atoms with Gasteiger partial charge in [-0.15, -0.1) is 10.2 Å². The molecule has 12 heteroatoms. The van der Waals surface area contributed by atoms with Gasteiger partial charge in [0.15, 0.2) is 22.5 Å². The summed E-state index contributed by atoms with van der Waals surface area (Å²) in [5.41, 5.74) is 4.78. The summed E-state index contributed by atoms with van der Waals surface area (Å²) < 4.78 is 18.0. The summed E-state index contributed by atoms with van der Waals surface area (Å²) in [4.78, 5) is 12.5. The maximum absolute atomic E-state index is 12.5. The van der Waals surface area contributed by atoms with E-state index in [9.17, 15) is 9.90 Å². The molecule has 0 aliphatic rings. The van der Waals surface area contributed by atoms with Crippen molar-refractivity contribution in [1.82, 2.24) is 20.2 Å². The molecule has 0 fully saturated rings. The molecule has 0 aliphatic carbocycles. The zero-order valence-corrected chi connectivity index (χ0v) is 23.1. The maximum Gasteiger partial charge on any atom is 0.250 e. The highest BCUT2D eigenvalue weighted by Crippen LogP contribution is 2.34. The molecule has 4 rings (SSSR count). The fourth-order valence-electron chi connectivity index (χ4n) is 3.42. The summed E-state index contributed by atoms with van der Waals surface area (Å²) in [6.45, 7) is 0. The van der Waals surface area contributed by atoms with Crippen molar-refractivity contribution in [2.45, 2.75) is 5.16 Å². The van der Waals surface area contributed by atoms with Crippen molar-refractivity contribution in [3.05, 3.63) is 70.7 Å². The molecular weight excluding hydrogens is 574 g/mol. The van der Waals surface area contributed by atoms with E-state index in [-0.39, 0.29) is 23.2 Å². The highest BCUT2D eigenvalue weighted by atomic mass is 79.9. The number of carbonyl (C=O) groups excluding carboxylic acids is 1. The van der Waals surface area contributed by atoms with E-state index < -0.39 is 0 Å². The Balaban J connectivity index is 1.51. The van der Waals surface area contributed by atoms with Crippen molar-refractivity contribution in [2.24, 2.45) is 5.10 Å². The number of phenolic OH excluding ortho intramolecular Hbond substituents is 1. The van der Waals surface area contributed by atoms with E-state index in [1.807, 2.05) is 53.1 Å². The number of aromatic hydroxyl groups is 1. The van der Waals surface area contributed by atoms with Crippen LogP contribution in [0.1, 0.15) is 5.56 Å². The smallest absolute Gasteiger partial charge is 0.250 e. The topological polar surface area (TPSA) is 120 Å². The highest BCUT2D eigenvalue weighted by Gasteiger charge is 2.18. The van der Waals surface area contributed by atoms with E-state index in [1.54, 1.807) is 26.4 Å². The van der Waals surface area contributed by atoms with Crippen molar-refractivity contribution in [2.75, 3.05) is 27.1 Å². The molecule has 0 aliphatic heterocycles. The second kappa shape index (κ2) is 12.5. The number of halogens is 1. The molecule has 10 nitrogen and oxygen atoms in total. The van der Waals surface area contributed by atoms with Crippen LogP contribution in [0.3, 0.4) is 0 Å². The Morgan fingerprint density at radius 2 is 1.68 bits per heavy atom. The molecule has 0 saturated carbocycles. The lowest BCUT2D eigenvalue weighted by Crippen LogP contribution is -2.20. The van der Waals surface area contributed by atoms with E-state index >= 15 is 0 Å². The van der Waals surface area contributed by atoms with Gasteiger partial charge in [-0.1, -0.05) is 11.8 Å². The standard InChI is InChI=1S/C26H24BrN5O5S/c1-35-19-8-4-17(5-9-19)25-30-31-26(32(25)18-6-10-20(36-2)11-7-18)38-15-23(33)29-28-14-16-12-21(27)24(34)22(13-16)37-3/h4-14,34H,15H2,1-3H3,(H,29,33)/b28-14-. The zero-order valence-electron chi connectivity index (χ0n) is 20.7. The molecule has 0 atom stereocenters. The predicted molar refractivity (Wildman–Crippen MR) is 149 cm³/mol. The average molecular weight is 598 g/mol. The van der Waals surface area contributed by atoms with Crippen LogP contribution in [0.15, 0.2) is 75.4 Å². The Morgan fingerprint density at radius 1 is 1.03 bits per heavy atom. The third kappa shape index (κ3) is 6.26. The fourth-order valence-corrected chi connectivity index (χ4v) is 4.62. The van der Waals surface area contributed by atoms with Gasteiger partial charge in [-0.3, -0.25) is 9.36 Å². The molecule has 0 unspecified atom stereocenters. The average Bonchev–Trinajstić information content (AvgIpc) is 3.37. The van der Waals surface area contributed by atoms with Gasteiger partial charge in [0.05, 0.1) is 37.8 Å². The van der Waals surface area contributed by atoms with Gasteiger partial charge in [-0.05, 0) is 82.2 Å². The minimum Gasteiger partial charge on any atom is -0.503 e. The van der Waals surface area contributed by atoms with Gasteiger partial charge in [-0.2, -0.15) is 5.10 Å². The number of hydrogen-bond donors (Lipinski definition) is 2. The second-order valence-corrected chi connectivity index (χ2v) is 9.50. The van der Waals surface area contributed by atoms with Crippen molar-refractivity contribution in [3.63, 3.8) is 0 Å². The van der Waals surface area contributed by atoms with Crippen LogP contribution in [-0.2, 0) is 4.79 Å². The molecule has 1 heterocycles. The number of benzene rings is 3. The lowest BCUT2D eigenvalue weighted by Gasteiger charge is -2.11. The van der Waals surface area contributed by atoms with Gasteiger partial charge in [0.25, 0.3) is 5.91 Å². The van der Waals surface area contributed by atoms with Crippen LogP contribution in [-0.4, -0.2) is 59.1 Å². The molecule has 1 amide bonds. The van der Waals surface area contributed by atoms with Crippen molar-refractivity contribution < 1.29 is 24.1 Å². The number of nitrogens with one attached hydrogen (secondary N) is 1. The number of phenols is 1. The quantitative estimate of drug-likeness (QED) is 0.154. The van der Waals surface area contributed by atoms with E-state index in [4.69, 9.17) is 14.2 Å². The molecule has 4 aromatic rings. The maximum atomic E-state index is 12.5. The molecule has 0 radical (unpaired) electrons. The van der Waals surface area contributed by atoms with Crippen LogP contribution < -0.4 is 19.6 Å². The number of amides is 1. The van der Waals surface area contributed by atoms with Gasteiger partial charge >= 0.3 is 0 Å². The minimum absolute atomic E-state index is 0.0138. The number of rotatable bonds is 10. The minimum atomic E-state index is -0.327. The van der Waals surface area contributed by atoms with Crippen LogP contribution >= 0.6 is 27.7 Å². The number of thioether (sulfide) groups is 1. The zero-order chi connectivity index (χ0) is 27.1. The molecule has 0 bridgehead atoms. The third-order valence-corrected chi connectivity index (χ3v) is 6.85. The first kappa shape index (κ1) is 27.0.